The van der Waals surface area contributed by atoms with E-state index in [-0.39, 0.29) is 23.8 Å². The molecule has 0 aliphatic carbocycles. The molecule has 208 valence electrons. The number of amides is 1. The van der Waals surface area contributed by atoms with Crippen LogP contribution in [0.4, 0.5) is 0 Å². The summed E-state index contributed by atoms with van der Waals surface area (Å²) in [5, 5.41) is 9.84. The minimum atomic E-state index is -0.252. The van der Waals surface area contributed by atoms with Crippen molar-refractivity contribution >= 4 is 34.1 Å². The Hall–Kier alpha value is -2.73. The number of halogens is 1. The molecule has 1 aliphatic heterocycles. The number of ketones is 1. The highest BCUT2D eigenvalue weighted by atomic mass is 35.5. The monoisotopic (exact) mass is 547 g/mol. The van der Waals surface area contributed by atoms with E-state index >= 15 is 0 Å². The van der Waals surface area contributed by atoms with Crippen LogP contribution in [0.3, 0.4) is 0 Å². The van der Waals surface area contributed by atoms with Crippen LogP contribution < -0.4 is 10.6 Å². The molecule has 2 N–H and O–H groups in total. The first-order valence-electron chi connectivity index (χ1n) is 14.4. The molecule has 1 aliphatic rings. The number of fused-ring (bicyclic) bond motifs is 1. The van der Waals surface area contributed by atoms with Gasteiger partial charge < -0.3 is 15.5 Å². The van der Waals surface area contributed by atoms with Gasteiger partial charge in [-0.2, -0.15) is 0 Å². The van der Waals surface area contributed by atoms with Crippen molar-refractivity contribution in [3.05, 3.63) is 82.9 Å². The normalized spacial score (nSPS) is 18.9. The van der Waals surface area contributed by atoms with Gasteiger partial charge in [-0.05, 0) is 66.8 Å². The minimum Gasteiger partial charge on any atom is -0.341 e. The molecular weight excluding hydrogens is 506 g/mol. The van der Waals surface area contributed by atoms with Crippen molar-refractivity contribution in [1.29, 1.82) is 0 Å². The lowest BCUT2D eigenvalue weighted by molar-refractivity contribution is -0.133. The molecule has 39 heavy (non-hydrogen) atoms. The predicted octanol–water partition coefficient (Wildman–Crippen LogP) is 6.60. The van der Waals surface area contributed by atoms with Crippen LogP contribution in [0.5, 0.6) is 0 Å². The van der Waals surface area contributed by atoms with Crippen LogP contribution in [-0.2, 0) is 4.79 Å². The zero-order chi connectivity index (χ0) is 27.8. The number of benzene rings is 3. The number of Topliss-reactive ketones (excluding diaryl/α,β-unsaturated/α-hetero) is 1. The van der Waals surface area contributed by atoms with E-state index in [1.807, 2.05) is 42.5 Å². The van der Waals surface area contributed by atoms with Crippen molar-refractivity contribution in [1.82, 2.24) is 15.5 Å². The Labute approximate surface area is 238 Å². The van der Waals surface area contributed by atoms with E-state index in [4.69, 9.17) is 11.6 Å². The molecule has 1 saturated heterocycles. The summed E-state index contributed by atoms with van der Waals surface area (Å²) < 4.78 is 0. The Kier molecular flexibility index (Phi) is 10.6. The van der Waals surface area contributed by atoms with E-state index in [1.165, 1.54) is 5.56 Å². The summed E-state index contributed by atoms with van der Waals surface area (Å²) in [6, 6.07) is 22.3. The number of rotatable bonds is 12. The van der Waals surface area contributed by atoms with Gasteiger partial charge in [0.05, 0.1) is 6.04 Å². The molecule has 0 bridgehead atoms. The molecule has 4 rings (SSSR count). The van der Waals surface area contributed by atoms with Crippen LogP contribution in [0.1, 0.15) is 74.7 Å². The Morgan fingerprint density at radius 1 is 1.05 bits per heavy atom. The van der Waals surface area contributed by atoms with E-state index in [0.29, 0.717) is 36.4 Å². The molecule has 6 heteroatoms. The molecular formula is C33H42ClN3O2. The lowest BCUT2D eigenvalue weighted by Gasteiger charge is -2.29. The molecule has 5 nitrogen and oxygen atoms in total. The number of carbonyl (C=O) groups is 2. The van der Waals surface area contributed by atoms with Crippen LogP contribution in [0.25, 0.3) is 10.8 Å². The van der Waals surface area contributed by atoms with E-state index in [9.17, 15) is 9.59 Å². The summed E-state index contributed by atoms with van der Waals surface area (Å²) in [4.78, 5) is 28.9. The lowest BCUT2D eigenvalue weighted by atomic mass is 9.95. The zero-order valence-electron chi connectivity index (χ0n) is 23.5. The van der Waals surface area contributed by atoms with Crippen LogP contribution >= 0.6 is 11.6 Å². The Bertz CT molecular complexity index is 1250. The van der Waals surface area contributed by atoms with Crippen molar-refractivity contribution in [2.75, 3.05) is 19.6 Å². The van der Waals surface area contributed by atoms with E-state index in [1.54, 1.807) is 0 Å². The first kappa shape index (κ1) is 29.3. The Morgan fingerprint density at radius 2 is 1.79 bits per heavy atom. The quantitative estimate of drug-likeness (QED) is 0.251. The van der Waals surface area contributed by atoms with E-state index in [2.05, 4.69) is 60.6 Å². The topological polar surface area (TPSA) is 61.4 Å². The summed E-state index contributed by atoms with van der Waals surface area (Å²) >= 11 is 6.11. The lowest BCUT2D eigenvalue weighted by Crippen LogP contribution is -2.48. The van der Waals surface area contributed by atoms with Crippen LogP contribution in [0.2, 0.25) is 5.02 Å². The smallest absolute Gasteiger partial charge is 0.239 e. The van der Waals surface area contributed by atoms with Gasteiger partial charge in [-0.25, -0.2) is 0 Å². The second kappa shape index (κ2) is 14.1. The molecule has 1 amide bonds. The second-order valence-electron chi connectivity index (χ2n) is 11.1. The molecule has 0 saturated carbocycles. The van der Waals surface area contributed by atoms with Crippen LogP contribution in [-0.4, -0.2) is 54.4 Å². The number of hydrogen-bond acceptors (Lipinski definition) is 4. The molecule has 3 atom stereocenters. The molecule has 0 unspecified atom stereocenters. The number of carbonyl (C=O) groups excluding carboxylic acids is 2. The van der Waals surface area contributed by atoms with Crippen molar-refractivity contribution in [3.63, 3.8) is 0 Å². The fraction of sp³-hybridized carbons (Fsp3) is 0.455. The molecule has 3 aromatic carbocycles. The molecule has 0 aromatic heterocycles. The van der Waals surface area contributed by atoms with Gasteiger partial charge in [0.15, 0.2) is 5.78 Å². The first-order chi connectivity index (χ1) is 18.8. The van der Waals surface area contributed by atoms with Crippen molar-refractivity contribution in [3.8, 4) is 0 Å². The summed E-state index contributed by atoms with van der Waals surface area (Å²) in [6.07, 6.45) is 3.71. The van der Waals surface area contributed by atoms with Gasteiger partial charge in [0.25, 0.3) is 0 Å². The van der Waals surface area contributed by atoms with Crippen molar-refractivity contribution in [2.24, 2.45) is 0 Å². The Balaban J connectivity index is 1.43. The maximum Gasteiger partial charge on any atom is 0.239 e. The number of nitrogens with one attached hydrogen (secondary N) is 2. The third-order valence-electron chi connectivity index (χ3n) is 7.83. The molecule has 0 spiro atoms. The Morgan fingerprint density at radius 3 is 2.54 bits per heavy atom. The third-order valence-corrected chi connectivity index (χ3v) is 8.06. The summed E-state index contributed by atoms with van der Waals surface area (Å²) in [6.45, 7) is 8.64. The summed E-state index contributed by atoms with van der Waals surface area (Å²) in [5.41, 5.74) is 2.00. The highest BCUT2D eigenvalue weighted by Gasteiger charge is 2.32. The van der Waals surface area contributed by atoms with Gasteiger partial charge >= 0.3 is 0 Å². The van der Waals surface area contributed by atoms with Gasteiger partial charge in [-0.1, -0.05) is 80.9 Å². The highest BCUT2D eigenvalue weighted by molar-refractivity contribution is 6.31. The zero-order valence-corrected chi connectivity index (χ0v) is 24.2. The second-order valence-corrected chi connectivity index (χ2v) is 11.5. The fourth-order valence-electron chi connectivity index (χ4n) is 5.51. The van der Waals surface area contributed by atoms with E-state index in [0.717, 1.165) is 48.7 Å². The third kappa shape index (κ3) is 8.14. The largest absolute Gasteiger partial charge is 0.341 e. The standard InChI is InChI=1S/C33H42ClN3O2/c1-4-24(25-8-6-5-7-9-25)22-37-19-17-30(36-31(33(37)39)16-18-35-23(2)3)14-15-32(38)28-11-10-27-21-29(34)13-12-26(27)20-28/h5-13,20-21,23-24,30-31,35-36H,4,14-19,22H2,1-3H3/t24-,30-,31+/m1/s1. The predicted molar refractivity (Wildman–Crippen MR) is 162 cm³/mol. The average Bonchev–Trinajstić information content (AvgIpc) is 3.08. The average molecular weight is 548 g/mol. The van der Waals surface area contributed by atoms with Gasteiger partial charge in [0.2, 0.25) is 5.91 Å². The van der Waals surface area contributed by atoms with E-state index < -0.39 is 0 Å². The fourth-order valence-corrected chi connectivity index (χ4v) is 5.70. The van der Waals surface area contributed by atoms with Gasteiger partial charge in [0.1, 0.15) is 0 Å². The van der Waals surface area contributed by atoms with Gasteiger partial charge in [-0.3, -0.25) is 9.59 Å². The maximum atomic E-state index is 13.7. The number of hydrogen-bond donors (Lipinski definition) is 2. The summed E-state index contributed by atoms with van der Waals surface area (Å²) in [5.74, 6) is 0.622. The first-order valence-corrected chi connectivity index (χ1v) is 14.8. The van der Waals surface area contributed by atoms with Crippen LogP contribution in [0.15, 0.2) is 66.7 Å². The maximum absolute atomic E-state index is 13.7. The van der Waals surface area contributed by atoms with Crippen LogP contribution in [0, 0.1) is 0 Å². The van der Waals surface area contributed by atoms with Crippen molar-refractivity contribution < 1.29 is 9.59 Å². The van der Waals surface area contributed by atoms with Gasteiger partial charge in [-0.15, -0.1) is 0 Å². The molecule has 3 aromatic rings. The highest BCUT2D eigenvalue weighted by Crippen LogP contribution is 2.24. The summed E-state index contributed by atoms with van der Waals surface area (Å²) in [7, 11) is 0. The number of nitrogens with zero attached hydrogens (tertiary/aromatic N) is 1. The van der Waals surface area contributed by atoms with Gasteiger partial charge in [0, 0.05) is 48.1 Å². The molecule has 1 fully saturated rings. The van der Waals surface area contributed by atoms with Crippen molar-refractivity contribution in [2.45, 2.75) is 76.9 Å². The molecule has 0 radical (unpaired) electrons. The SMILES string of the molecule is CC[C@H](CN1CC[C@@H](CCC(=O)c2ccc3cc(Cl)ccc3c2)N[C@@H](CCNC(C)C)C1=O)c1ccccc1. The minimum absolute atomic E-state index is 0.114. The molecule has 1 heterocycles.